The number of ketones is 1. The molecule has 0 fully saturated rings. The summed E-state index contributed by atoms with van der Waals surface area (Å²) in [6.45, 7) is 8.93. The van der Waals surface area contributed by atoms with Gasteiger partial charge in [-0.3, -0.25) is 4.79 Å². The van der Waals surface area contributed by atoms with E-state index in [9.17, 15) is 18.0 Å². The second-order valence-electron chi connectivity index (χ2n) is 11.6. The molecule has 0 bridgehead atoms. The quantitative estimate of drug-likeness (QED) is 0.0947. The first-order valence-electron chi connectivity index (χ1n) is 13.5. The van der Waals surface area contributed by atoms with Crippen LogP contribution in [0.5, 0.6) is 0 Å². The Morgan fingerprint density at radius 3 is 2.17 bits per heavy atom. The molecule has 0 atom stereocenters. The second kappa shape index (κ2) is 14.2. The Morgan fingerprint density at radius 1 is 1.00 bits per heavy atom. The zero-order valence-electron chi connectivity index (χ0n) is 25.2. The van der Waals surface area contributed by atoms with E-state index >= 15 is 0 Å². The zero-order chi connectivity index (χ0) is 30.7. The van der Waals surface area contributed by atoms with Crippen LogP contribution < -0.4 is 4.40 Å². The smallest absolute Gasteiger partial charge is 0 e. The molecule has 1 N–H and O–H groups in total. The SMILES string of the molecule is CC(=O)/C=C(/C)O.Cc1cnc(-c2[c-]c3ccccc3c(C(C)C)c2)cc1-c1cc[c]([Ge]([CH3])([CH3])[CH3])cc1C(F)(F)F.[Ir]. The molecule has 0 aliphatic rings. The number of rotatable bonds is 5. The predicted molar refractivity (Wildman–Crippen MR) is 165 cm³/mol. The van der Waals surface area contributed by atoms with E-state index in [1.165, 1.54) is 31.6 Å². The molecule has 1 aromatic heterocycles. The number of alkyl halides is 3. The van der Waals surface area contributed by atoms with Crippen LogP contribution in [-0.4, -0.2) is 29.1 Å². The number of hydrogen-bond acceptors (Lipinski definition) is 3. The first kappa shape index (κ1) is 35.5. The maximum atomic E-state index is 14.2. The summed E-state index contributed by atoms with van der Waals surface area (Å²) >= 11 is -2.44. The summed E-state index contributed by atoms with van der Waals surface area (Å²) in [5, 5.41) is 10.5. The number of aliphatic hydroxyl groups excluding tert-OH is 1. The van der Waals surface area contributed by atoms with E-state index in [0.717, 1.165) is 20.7 Å². The van der Waals surface area contributed by atoms with Gasteiger partial charge in [0.1, 0.15) is 0 Å². The molecule has 1 heterocycles. The van der Waals surface area contributed by atoms with Gasteiger partial charge < -0.3 is 5.11 Å². The van der Waals surface area contributed by atoms with Gasteiger partial charge >= 0.3 is 197 Å². The summed E-state index contributed by atoms with van der Waals surface area (Å²) in [4.78, 5) is 14.6. The average Bonchev–Trinajstić information content (AvgIpc) is 2.86. The minimum atomic E-state index is -4.44. The first-order valence-corrected chi connectivity index (χ1v) is 20.8. The minimum absolute atomic E-state index is 0. The van der Waals surface area contributed by atoms with Gasteiger partial charge in [0, 0.05) is 26.2 Å². The third-order valence-electron chi connectivity index (χ3n) is 6.70. The van der Waals surface area contributed by atoms with Gasteiger partial charge in [0.15, 0.2) is 5.78 Å². The van der Waals surface area contributed by atoms with Crippen LogP contribution in [0.2, 0.25) is 17.3 Å². The van der Waals surface area contributed by atoms with Gasteiger partial charge in [-0.05, 0) is 13.8 Å². The van der Waals surface area contributed by atoms with Gasteiger partial charge in [-0.25, -0.2) is 0 Å². The fourth-order valence-corrected chi connectivity index (χ4v) is 7.04. The molecule has 8 heteroatoms. The summed E-state index contributed by atoms with van der Waals surface area (Å²) < 4.78 is 43.4. The Kier molecular flexibility index (Phi) is 12.0. The Labute approximate surface area is 263 Å². The number of aromatic nitrogens is 1. The van der Waals surface area contributed by atoms with Crippen molar-refractivity contribution in [2.24, 2.45) is 0 Å². The van der Waals surface area contributed by atoms with Crippen LogP contribution in [0, 0.1) is 13.0 Å². The molecule has 0 saturated heterocycles. The molecule has 0 aliphatic heterocycles. The minimum Gasteiger partial charge on any atom is 0 e. The van der Waals surface area contributed by atoms with Crippen molar-refractivity contribution in [1.29, 1.82) is 0 Å². The number of hydrogen-bond donors (Lipinski definition) is 1. The van der Waals surface area contributed by atoms with E-state index in [2.05, 4.69) is 54.3 Å². The van der Waals surface area contributed by atoms with Gasteiger partial charge in [0.05, 0.1) is 5.76 Å². The monoisotopic (exact) mass is 815 g/mol. The van der Waals surface area contributed by atoms with Crippen LogP contribution in [0.1, 0.15) is 50.3 Å². The van der Waals surface area contributed by atoms with E-state index in [0.29, 0.717) is 16.8 Å². The molecule has 42 heavy (non-hydrogen) atoms. The number of nitrogens with zero attached hydrogens (tertiary/aromatic N) is 1. The van der Waals surface area contributed by atoms with E-state index in [1.54, 1.807) is 18.3 Å². The molecule has 0 amide bonds. The third-order valence-corrected chi connectivity index (χ3v) is 11.0. The summed E-state index contributed by atoms with van der Waals surface area (Å²) in [6, 6.07) is 20.2. The molecular weight excluding hydrogens is 776 g/mol. The van der Waals surface area contributed by atoms with Crippen molar-refractivity contribution in [1.82, 2.24) is 4.98 Å². The number of pyridine rings is 1. The molecule has 0 saturated carbocycles. The van der Waals surface area contributed by atoms with Crippen molar-refractivity contribution < 1.29 is 43.2 Å². The Hall–Kier alpha value is -2.74. The van der Waals surface area contributed by atoms with Crippen molar-refractivity contribution in [2.75, 3.05) is 0 Å². The average molecular weight is 813 g/mol. The largest absolute Gasteiger partial charge is 0 e. The fourth-order valence-electron chi connectivity index (χ4n) is 4.61. The number of halogens is 3. The normalized spacial score (nSPS) is 12.0. The van der Waals surface area contributed by atoms with Crippen LogP contribution in [-0.2, 0) is 31.1 Å². The Balaban J connectivity index is 0.000000687. The van der Waals surface area contributed by atoms with Crippen molar-refractivity contribution in [3.8, 4) is 22.4 Å². The topological polar surface area (TPSA) is 50.2 Å². The number of aliphatic hydroxyl groups is 1. The maximum Gasteiger partial charge on any atom is 0 e. The molecule has 3 aromatic carbocycles. The van der Waals surface area contributed by atoms with E-state index in [4.69, 9.17) is 5.11 Å². The van der Waals surface area contributed by atoms with Gasteiger partial charge in [-0.2, -0.15) is 0 Å². The van der Waals surface area contributed by atoms with Crippen LogP contribution in [0.4, 0.5) is 13.2 Å². The second-order valence-corrected chi connectivity index (χ2v) is 22.3. The van der Waals surface area contributed by atoms with Gasteiger partial charge in [0.2, 0.25) is 0 Å². The summed E-state index contributed by atoms with van der Waals surface area (Å²) in [5.41, 5.74) is 3.48. The molecule has 4 aromatic rings. The predicted octanol–water partition coefficient (Wildman–Crippen LogP) is 9.40. The molecule has 0 unspecified atom stereocenters. The van der Waals surface area contributed by atoms with Gasteiger partial charge in [-0.1, -0.05) is 6.07 Å². The molecule has 3 nitrogen and oxygen atoms in total. The zero-order valence-corrected chi connectivity index (χ0v) is 29.7. The van der Waals surface area contributed by atoms with Crippen LogP contribution >= 0.6 is 0 Å². The Bertz CT molecular complexity index is 1600. The fraction of sp³-hybridized carbons (Fsp3) is 0.294. The molecular formula is C34H37F3GeIrNO2-. The number of benzene rings is 3. The molecule has 4 rings (SSSR count). The first-order chi connectivity index (χ1) is 19.0. The molecule has 1 radical (unpaired) electrons. The summed E-state index contributed by atoms with van der Waals surface area (Å²) in [5.74, 6) is 6.54. The molecule has 0 spiro atoms. The van der Waals surface area contributed by atoms with E-state index in [-0.39, 0.29) is 43.1 Å². The number of fused-ring (bicyclic) bond motifs is 1. The Morgan fingerprint density at radius 2 is 1.64 bits per heavy atom. The van der Waals surface area contributed by atoms with Crippen molar-refractivity contribution >= 4 is 34.2 Å². The molecule has 0 aliphatic carbocycles. The van der Waals surface area contributed by atoms with Crippen molar-refractivity contribution in [2.45, 2.75) is 64.0 Å². The van der Waals surface area contributed by atoms with Crippen LogP contribution in [0.3, 0.4) is 0 Å². The summed E-state index contributed by atoms with van der Waals surface area (Å²) in [6.07, 6.45) is -1.60. The van der Waals surface area contributed by atoms with Crippen molar-refractivity contribution in [3.05, 3.63) is 95.4 Å². The standard InChI is InChI=1S/C29H29F3GeN.C5H8O2.Ir/c1-18(2)25-14-21(13-20-9-7-8-10-23(20)25)28-16-26(19(3)17-34-28)24-12-11-22(33(4,5)6)15-27(24)29(30,31)32;1-4(6)3-5(2)7;/h7-12,14-18H,1-6H3;3,6H,1-2H3;/q-1;;/b;4-3-;. The van der Waals surface area contributed by atoms with Gasteiger partial charge in [0.25, 0.3) is 0 Å². The number of carbonyl (C=O) groups excluding carboxylic acids is 1. The third kappa shape index (κ3) is 8.88. The van der Waals surface area contributed by atoms with Crippen LogP contribution in [0.15, 0.2) is 72.6 Å². The maximum absolute atomic E-state index is 14.2. The van der Waals surface area contributed by atoms with Gasteiger partial charge in [-0.15, -0.1) is 0 Å². The number of carbonyl (C=O) groups is 1. The number of allylic oxidation sites excluding steroid dienone is 2. The number of aryl methyl sites for hydroxylation is 1. The van der Waals surface area contributed by atoms with E-state index in [1.807, 2.05) is 31.2 Å². The van der Waals surface area contributed by atoms with Crippen LogP contribution in [0.25, 0.3) is 33.2 Å². The van der Waals surface area contributed by atoms with E-state index < -0.39 is 25.0 Å². The van der Waals surface area contributed by atoms with Crippen molar-refractivity contribution in [3.63, 3.8) is 0 Å². The summed E-state index contributed by atoms with van der Waals surface area (Å²) in [7, 11) is 0. The molecule has 225 valence electrons.